The van der Waals surface area contributed by atoms with Gasteiger partial charge in [-0.15, -0.1) is 0 Å². The number of halogens is 3. The predicted molar refractivity (Wildman–Crippen MR) is 70.1 cm³/mol. The fourth-order valence-corrected chi connectivity index (χ4v) is 1.77. The Balaban J connectivity index is 2.63. The highest BCUT2D eigenvalue weighted by Crippen LogP contribution is 2.32. The quantitative estimate of drug-likeness (QED) is 0.788. The zero-order chi connectivity index (χ0) is 15.2. The second-order valence-corrected chi connectivity index (χ2v) is 4.73. The van der Waals surface area contributed by atoms with Gasteiger partial charge in [0, 0.05) is 18.8 Å². The molecule has 110 valence electrons. The normalized spacial score (nSPS) is 12.8. The summed E-state index contributed by atoms with van der Waals surface area (Å²) in [6, 6.07) is 5.01. The highest BCUT2D eigenvalue weighted by atomic mass is 19.4. The van der Waals surface area contributed by atoms with Crippen molar-refractivity contribution >= 4 is 5.69 Å². The van der Waals surface area contributed by atoms with Crippen molar-refractivity contribution in [3.05, 3.63) is 29.3 Å². The molecule has 0 aliphatic rings. The molecule has 2 N–H and O–H groups in total. The number of hydrogen-bond donors (Lipinski definition) is 2. The van der Waals surface area contributed by atoms with Crippen LogP contribution in [-0.4, -0.2) is 18.3 Å². The minimum absolute atomic E-state index is 0.124. The average molecular weight is 286 g/mol. The first kappa shape index (κ1) is 16.3. The monoisotopic (exact) mass is 286 g/mol. The van der Waals surface area contributed by atoms with Crippen LogP contribution in [0.3, 0.4) is 0 Å². The van der Waals surface area contributed by atoms with Crippen LogP contribution in [0.4, 0.5) is 18.9 Å². The van der Waals surface area contributed by atoms with Crippen molar-refractivity contribution in [2.24, 2.45) is 5.92 Å². The summed E-state index contributed by atoms with van der Waals surface area (Å²) in [4.78, 5) is 0. The number of alkyl halides is 3. The number of aliphatic hydroxyl groups excluding tert-OH is 1. The predicted octanol–water partition coefficient (Wildman–Crippen LogP) is 3.40. The molecule has 0 spiro atoms. The van der Waals surface area contributed by atoms with E-state index in [1.807, 2.05) is 6.92 Å². The lowest BCUT2D eigenvalue weighted by molar-refractivity contribution is -0.137. The van der Waals surface area contributed by atoms with E-state index in [2.05, 4.69) is 5.32 Å². The minimum Gasteiger partial charge on any atom is -0.396 e. The molecule has 0 amide bonds. The van der Waals surface area contributed by atoms with E-state index in [0.29, 0.717) is 12.2 Å². The standard InChI is InChI=1S/C14H17F3N2O/c1-10(9-20)3-2-6-19-12-4-5-13(14(15,16)17)11(7-12)8-18/h4-5,7,10,19-20H,2-3,6,9H2,1H3. The molecule has 6 heteroatoms. The van der Waals surface area contributed by atoms with Gasteiger partial charge >= 0.3 is 6.18 Å². The van der Waals surface area contributed by atoms with Crippen molar-refractivity contribution in [2.45, 2.75) is 25.9 Å². The molecule has 0 aliphatic heterocycles. The van der Waals surface area contributed by atoms with Crippen molar-refractivity contribution in [1.29, 1.82) is 5.26 Å². The lowest BCUT2D eigenvalue weighted by Crippen LogP contribution is -2.10. The van der Waals surface area contributed by atoms with Crippen LogP contribution in [0.5, 0.6) is 0 Å². The van der Waals surface area contributed by atoms with Gasteiger partial charge in [0.1, 0.15) is 0 Å². The summed E-state index contributed by atoms with van der Waals surface area (Å²) in [7, 11) is 0. The van der Waals surface area contributed by atoms with Crippen LogP contribution in [0.15, 0.2) is 18.2 Å². The zero-order valence-corrected chi connectivity index (χ0v) is 11.2. The third-order valence-electron chi connectivity index (χ3n) is 2.96. The van der Waals surface area contributed by atoms with E-state index < -0.39 is 11.7 Å². The highest BCUT2D eigenvalue weighted by molar-refractivity contribution is 5.53. The maximum Gasteiger partial charge on any atom is 0.417 e. The lowest BCUT2D eigenvalue weighted by atomic mass is 10.1. The third-order valence-corrected chi connectivity index (χ3v) is 2.96. The van der Waals surface area contributed by atoms with Gasteiger partial charge in [-0.1, -0.05) is 6.92 Å². The molecular formula is C14H17F3N2O. The SMILES string of the molecule is CC(CO)CCCNc1ccc(C(F)(F)F)c(C#N)c1. The second kappa shape index (κ2) is 7.15. The number of aliphatic hydroxyl groups is 1. The van der Waals surface area contributed by atoms with Gasteiger partial charge in [-0.2, -0.15) is 18.4 Å². The molecule has 1 unspecified atom stereocenters. The van der Waals surface area contributed by atoms with E-state index in [9.17, 15) is 13.2 Å². The molecule has 1 atom stereocenters. The molecular weight excluding hydrogens is 269 g/mol. The van der Waals surface area contributed by atoms with E-state index in [1.165, 1.54) is 12.1 Å². The van der Waals surface area contributed by atoms with Gasteiger partial charge in [0.15, 0.2) is 0 Å². The molecule has 20 heavy (non-hydrogen) atoms. The molecule has 0 fully saturated rings. The van der Waals surface area contributed by atoms with Crippen LogP contribution >= 0.6 is 0 Å². The van der Waals surface area contributed by atoms with Gasteiger partial charge in [-0.25, -0.2) is 0 Å². The first-order valence-electron chi connectivity index (χ1n) is 6.34. The Morgan fingerprint density at radius 3 is 2.65 bits per heavy atom. The van der Waals surface area contributed by atoms with E-state index in [0.717, 1.165) is 18.9 Å². The van der Waals surface area contributed by atoms with Gasteiger partial charge in [0.05, 0.1) is 17.2 Å². The Kier molecular flexibility index (Phi) is 5.83. The first-order chi connectivity index (χ1) is 9.38. The average Bonchev–Trinajstić information content (AvgIpc) is 2.41. The van der Waals surface area contributed by atoms with E-state index in [1.54, 1.807) is 6.07 Å². The van der Waals surface area contributed by atoms with Crippen molar-refractivity contribution in [2.75, 3.05) is 18.5 Å². The Labute approximate surface area is 116 Å². The van der Waals surface area contributed by atoms with Crippen LogP contribution in [0.25, 0.3) is 0 Å². The van der Waals surface area contributed by atoms with Crippen molar-refractivity contribution in [1.82, 2.24) is 0 Å². The zero-order valence-electron chi connectivity index (χ0n) is 11.2. The van der Waals surface area contributed by atoms with E-state index in [4.69, 9.17) is 10.4 Å². The van der Waals surface area contributed by atoms with Gasteiger partial charge in [0.25, 0.3) is 0 Å². The summed E-state index contributed by atoms with van der Waals surface area (Å²) < 4.78 is 37.8. The van der Waals surface area contributed by atoms with Crippen LogP contribution in [0.2, 0.25) is 0 Å². The van der Waals surface area contributed by atoms with Crippen LogP contribution in [0, 0.1) is 17.2 Å². The first-order valence-corrected chi connectivity index (χ1v) is 6.34. The summed E-state index contributed by atoms with van der Waals surface area (Å²) in [6.45, 7) is 2.63. The Morgan fingerprint density at radius 2 is 2.10 bits per heavy atom. The number of hydrogen-bond acceptors (Lipinski definition) is 3. The summed E-state index contributed by atoms with van der Waals surface area (Å²) in [6.07, 6.45) is -2.89. The number of anilines is 1. The fraction of sp³-hybridized carbons (Fsp3) is 0.500. The van der Waals surface area contributed by atoms with Gasteiger partial charge in [-0.3, -0.25) is 0 Å². The number of nitrogens with one attached hydrogen (secondary N) is 1. The van der Waals surface area contributed by atoms with Crippen LogP contribution in [-0.2, 0) is 6.18 Å². The molecule has 0 heterocycles. The number of rotatable bonds is 6. The lowest BCUT2D eigenvalue weighted by Gasteiger charge is -2.12. The third kappa shape index (κ3) is 4.74. The molecule has 0 radical (unpaired) electrons. The van der Waals surface area contributed by atoms with Gasteiger partial charge in [-0.05, 0) is 37.0 Å². The Hall–Kier alpha value is -1.74. The molecule has 0 saturated carbocycles. The number of nitrogens with zero attached hydrogens (tertiary/aromatic N) is 1. The largest absolute Gasteiger partial charge is 0.417 e. The molecule has 0 bridgehead atoms. The van der Waals surface area contributed by atoms with Crippen molar-refractivity contribution in [3.63, 3.8) is 0 Å². The summed E-state index contributed by atoms with van der Waals surface area (Å²) >= 11 is 0. The van der Waals surface area contributed by atoms with Gasteiger partial charge in [0.2, 0.25) is 0 Å². The second-order valence-electron chi connectivity index (χ2n) is 4.73. The highest BCUT2D eigenvalue weighted by Gasteiger charge is 2.33. The number of benzene rings is 1. The summed E-state index contributed by atoms with van der Waals surface area (Å²) in [5.74, 6) is 0.207. The van der Waals surface area contributed by atoms with Gasteiger partial charge < -0.3 is 10.4 Å². The topological polar surface area (TPSA) is 56.0 Å². The summed E-state index contributed by atoms with van der Waals surface area (Å²) in [5.41, 5.74) is -0.808. The van der Waals surface area contributed by atoms with Crippen molar-refractivity contribution < 1.29 is 18.3 Å². The maximum absolute atomic E-state index is 12.6. The maximum atomic E-state index is 12.6. The fourth-order valence-electron chi connectivity index (χ4n) is 1.77. The summed E-state index contributed by atoms with van der Waals surface area (Å²) in [5, 5.41) is 20.6. The molecule has 0 aliphatic carbocycles. The van der Waals surface area contributed by atoms with Crippen LogP contribution in [0.1, 0.15) is 30.9 Å². The number of nitriles is 1. The smallest absolute Gasteiger partial charge is 0.396 e. The van der Waals surface area contributed by atoms with Crippen molar-refractivity contribution in [3.8, 4) is 6.07 Å². The molecule has 1 aromatic carbocycles. The Bertz CT molecular complexity index is 480. The molecule has 1 rings (SSSR count). The minimum atomic E-state index is -4.51. The molecule has 1 aromatic rings. The van der Waals surface area contributed by atoms with Crippen LogP contribution < -0.4 is 5.32 Å². The van der Waals surface area contributed by atoms with E-state index >= 15 is 0 Å². The Morgan fingerprint density at radius 1 is 1.40 bits per heavy atom. The van der Waals surface area contributed by atoms with E-state index in [-0.39, 0.29) is 18.1 Å². The molecule has 0 aromatic heterocycles. The molecule has 0 saturated heterocycles. The molecule has 3 nitrogen and oxygen atoms in total.